The molecule has 0 N–H and O–H groups in total. The highest BCUT2D eigenvalue weighted by atomic mass is 19.3. The number of ketones is 1. The van der Waals surface area contributed by atoms with E-state index in [2.05, 4.69) is 4.74 Å². The molecule has 1 heterocycles. The van der Waals surface area contributed by atoms with Crippen molar-refractivity contribution < 1.29 is 27.5 Å². The van der Waals surface area contributed by atoms with Crippen molar-refractivity contribution in [3.05, 3.63) is 76.2 Å². The largest absolute Gasteiger partial charge is 0.493 e. The minimum atomic E-state index is -3.01. The quantitative estimate of drug-likeness (QED) is 0.367. The zero-order valence-corrected chi connectivity index (χ0v) is 14.1. The predicted molar refractivity (Wildman–Crippen MR) is 95.5 cm³/mol. The highest BCUT2D eigenvalue weighted by Crippen LogP contribution is 2.30. The van der Waals surface area contributed by atoms with Crippen molar-refractivity contribution >= 4 is 22.8 Å². The van der Waals surface area contributed by atoms with Gasteiger partial charge in [0.05, 0.1) is 7.11 Å². The monoisotopic (exact) mass is 372 g/mol. The summed E-state index contributed by atoms with van der Waals surface area (Å²) in [5, 5.41) is 0.617. The van der Waals surface area contributed by atoms with Gasteiger partial charge in [0.15, 0.2) is 17.3 Å². The van der Waals surface area contributed by atoms with Crippen LogP contribution in [0.25, 0.3) is 17.0 Å². The molecular weight excluding hydrogens is 358 g/mol. The molecule has 1 aromatic heterocycles. The topological polar surface area (TPSA) is 65.7 Å². The molecule has 0 aliphatic heterocycles. The smallest absolute Gasteiger partial charge is 0.387 e. The summed E-state index contributed by atoms with van der Waals surface area (Å²) in [6.07, 6.45) is 2.55. The summed E-state index contributed by atoms with van der Waals surface area (Å²) in [5.41, 5.74) is -0.0701. The van der Waals surface area contributed by atoms with Crippen LogP contribution in [0, 0.1) is 0 Å². The molecule has 0 amide bonds. The Bertz CT molecular complexity index is 1070. The number of hydrogen-bond donors (Lipinski definition) is 0. The van der Waals surface area contributed by atoms with Crippen LogP contribution in [-0.2, 0) is 0 Å². The number of para-hydroxylation sites is 1. The zero-order valence-electron chi connectivity index (χ0n) is 14.1. The van der Waals surface area contributed by atoms with Gasteiger partial charge in [-0.1, -0.05) is 30.3 Å². The normalized spacial score (nSPS) is 11.3. The Hall–Kier alpha value is -3.48. The number of hydrogen-bond acceptors (Lipinski definition) is 5. The summed E-state index contributed by atoms with van der Waals surface area (Å²) < 4.78 is 39.4. The van der Waals surface area contributed by atoms with Gasteiger partial charge in [-0.3, -0.25) is 4.79 Å². The lowest BCUT2D eigenvalue weighted by Gasteiger charge is -2.10. The second-order valence-electron chi connectivity index (χ2n) is 5.47. The van der Waals surface area contributed by atoms with E-state index < -0.39 is 18.0 Å². The number of halogens is 2. The van der Waals surface area contributed by atoms with E-state index in [4.69, 9.17) is 9.15 Å². The maximum atomic E-state index is 12.5. The Morgan fingerprint density at radius 2 is 1.89 bits per heavy atom. The van der Waals surface area contributed by atoms with Crippen LogP contribution in [0.15, 0.2) is 63.8 Å². The summed E-state index contributed by atoms with van der Waals surface area (Å²) in [5.74, 6) is -0.595. The molecule has 0 aliphatic carbocycles. The standard InChI is InChI=1S/C20H14F2O5/c1-25-17-9-7-12(10-18(17)27-20(21)22)6-8-15(23)14-11-13-4-2-3-5-16(13)26-19(14)24/h2-11,20H,1H3/b8-6+. The van der Waals surface area contributed by atoms with Crippen molar-refractivity contribution in [1.29, 1.82) is 0 Å². The number of carbonyl (C=O) groups is 1. The molecule has 3 rings (SSSR count). The summed E-state index contributed by atoms with van der Waals surface area (Å²) in [7, 11) is 1.33. The fraction of sp³-hybridized carbons (Fsp3) is 0.100. The lowest BCUT2D eigenvalue weighted by molar-refractivity contribution is -0.0512. The Kier molecular flexibility index (Phi) is 5.30. The fourth-order valence-electron chi connectivity index (χ4n) is 2.48. The highest BCUT2D eigenvalue weighted by Gasteiger charge is 2.13. The first-order valence-electron chi connectivity index (χ1n) is 7.86. The van der Waals surface area contributed by atoms with Crippen molar-refractivity contribution in [2.45, 2.75) is 6.61 Å². The Balaban J connectivity index is 1.89. The Labute approximate surface area is 152 Å². The molecule has 0 saturated carbocycles. The van der Waals surface area contributed by atoms with E-state index in [9.17, 15) is 18.4 Å². The molecule has 138 valence electrons. The fourth-order valence-corrected chi connectivity index (χ4v) is 2.48. The molecule has 0 saturated heterocycles. The number of alkyl halides is 2. The van der Waals surface area contributed by atoms with E-state index in [1.54, 1.807) is 30.3 Å². The second kappa shape index (κ2) is 7.82. The summed E-state index contributed by atoms with van der Waals surface area (Å²) in [4.78, 5) is 24.3. The average Bonchev–Trinajstić information content (AvgIpc) is 2.65. The third-order valence-corrected chi connectivity index (χ3v) is 3.74. The van der Waals surface area contributed by atoms with Crippen LogP contribution in [0.4, 0.5) is 8.78 Å². The first-order valence-corrected chi connectivity index (χ1v) is 7.86. The van der Waals surface area contributed by atoms with Gasteiger partial charge in [0.25, 0.3) is 0 Å². The number of benzene rings is 2. The third kappa shape index (κ3) is 4.20. The maximum absolute atomic E-state index is 12.5. The third-order valence-electron chi connectivity index (χ3n) is 3.74. The van der Waals surface area contributed by atoms with Gasteiger partial charge >= 0.3 is 12.2 Å². The van der Waals surface area contributed by atoms with Crippen molar-refractivity contribution in [2.75, 3.05) is 7.11 Å². The number of allylic oxidation sites excluding steroid dienone is 1. The lowest BCUT2D eigenvalue weighted by Crippen LogP contribution is -2.11. The molecular formula is C20H14F2O5. The minimum Gasteiger partial charge on any atom is -0.493 e. The van der Waals surface area contributed by atoms with Gasteiger partial charge in [-0.15, -0.1) is 0 Å². The molecule has 0 fully saturated rings. The molecule has 0 atom stereocenters. The van der Waals surface area contributed by atoms with Crippen molar-refractivity contribution in [1.82, 2.24) is 0 Å². The molecule has 5 nitrogen and oxygen atoms in total. The summed E-state index contributed by atoms with van der Waals surface area (Å²) in [6.45, 7) is -3.01. The molecule has 27 heavy (non-hydrogen) atoms. The van der Waals surface area contributed by atoms with Crippen LogP contribution < -0.4 is 15.1 Å². The average molecular weight is 372 g/mol. The number of rotatable bonds is 6. The molecule has 0 spiro atoms. The van der Waals surface area contributed by atoms with Crippen LogP contribution in [0.3, 0.4) is 0 Å². The van der Waals surface area contributed by atoms with Gasteiger partial charge < -0.3 is 13.9 Å². The lowest BCUT2D eigenvalue weighted by atomic mass is 10.1. The second-order valence-corrected chi connectivity index (χ2v) is 5.47. The van der Waals surface area contributed by atoms with E-state index in [1.165, 1.54) is 31.4 Å². The molecule has 0 unspecified atom stereocenters. The number of ether oxygens (including phenoxy) is 2. The van der Waals surface area contributed by atoms with Gasteiger partial charge in [0.1, 0.15) is 11.1 Å². The van der Waals surface area contributed by atoms with Crippen molar-refractivity contribution in [3.8, 4) is 11.5 Å². The molecule has 0 radical (unpaired) electrons. The van der Waals surface area contributed by atoms with E-state index >= 15 is 0 Å². The molecule has 0 aliphatic rings. The number of fused-ring (bicyclic) bond motifs is 1. The number of methoxy groups -OCH3 is 1. The maximum Gasteiger partial charge on any atom is 0.387 e. The van der Waals surface area contributed by atoms with E-state index in [0.717, 1.165) is 6.08 Å². The highest BCUT2D eigenvalue weighted by molar-refractivity contribution is 6.07. The first-order chi connectivity index (χ1) is 13.0. The van der Waals surface area contributed by atoms with Crippen LogP contribution in [-0.4, -0.2) is 19.5 Å². The Morgan fingerprint density at radius 3 is 2.63 bits per heavy atom. The van der Waals surface area contributed by atoms with Gasteiger partial charge in [-0.25, -0.2) is 4.79 Å². The summed E-state index contributed by atoms with van der Waals surface area (Å²) in [6, 6.07) is 12.6. The Morgan fingerprint density at radius 1 is 1.11 bits per heavy atom. The molecule has 0 bridgehead atoms. The molecule has 3 aromatic rings. The van der Waals surface area contributed by atoms with Gasteiger partial charge in [0, 0.05) is 5.39 Å². The van der Waals surface area contributed by atoms with Crippen LogP contribution >= 0.6 is 0 Å². The SMILES string of the molecule is COc1ccc(/C=C/C(=O)c2cc3ccccc3oc2=O)cc1OC(F)F. The van der Waals surface area contributed by atoms with E-state index in [-0.39, 0.29) is 17.1 Å². The van der Waals surface area contributed by atoms with Crippen LogP contribution in [0.2, 0.25) is 0 Å². The van der Waals surface area contributed by atoms with Gasteiger partial charge in [-0.05, 0) is 35.9 Å². The minimum absolute atomic E-state index is 0.123. The predicted octanol–water partition coefficient (Wildman–Crippen LogP) is 4.30. The molecule has 2 aromatic carbocycles. The van der Waals surface area contributed by atoms with Gasteiger partial charge in [0.2, 0.25) is 0 Å². The zero-order chi connectivity index (χ0) is 19.4. The van der Waals surface area contributed by atoms with E-state index in [1.807, 2.05) is 0 Å². The van der Waals surface area contributed by atoms with Crippen molar-refractivity contribution in [2.24, 2.45) is 0 Å². The van der Waals surface area contributed by atoms with Crippen molar-refractivity contribution in [3.63, 3.8) is 0 Å². The van der Waals surface area contributed by atoms with E-state index in [0.29, 0.717) is 16.5 Å². The van der Waals surface area contributed by atoms with Crippen LogP contribution in [0.1, 0.15) is 15.9 Å². The van der Waals surface area contributed by atoms with Gasteiger partial charge in [-0.2, -0.15) is 8.78 Å². The molecule has 7 heteroatoms. The summed E-state index contributed by atoms with van der Waals surface area (Å²) >= 11 is 0. The number of carbonyl (C=O) groups excluding carboxylic acids is 1. The first kappa shape index (κ1) is 18.3. The van der Waals surface area contributed by atoms with Crippen LogP contribution in [0.5, 0.6) is 11.5 Å².